The van der Waals surface area contributed by atoms with E-state index in [9.17, 15) is 19.2 Å². The molecule has 0 saturated carbocycles. The van der Waals surface area contributed by atoms with Crippen LogP contribution in [-0.2, 0) is 6.42 Å². The first-order valence-corrected chi connectivity index (χ1v) is 13.5. The third-order valence-corrected chi connectivity index (χ3v) is 7.70. The molecular formula is C33H20Cl2N2O4. The summed E-state index contributed by atoms with van der Waals surface area (Å²) in [6, 6.07) is 28.2. The second-order valence-electron chi connectivity index (χ2n) is 9.61. The van der Waals surface area contributed by atoms with Crippen molar-refractivity contribution in [2.24, 2.45) is 0 Å². The summed E-state index contributed by atoms with van der Waals surface area (Å²) in [5, 5.41) is 5.75. The molecule has 200 valence electrons. The number of benzene rings is 4. The van der Waals surface area contributed by atoms with Crippen LogP contribution in [0.1, 0.15) is 52.6 Å². The van der Waals surface area contributed by atoms with Crippen molar-refractivity contribution in [1.29, 1.82) is 0 Å². The topological polar surface area (TPSA) is 92.3 Å². The standard InChI is InChI=1S/C33H20Cl2N2O4/c34-26-28(32(40)24-7-3-1-5-22(24)30(26)38)36-20-13-9-18(10-14-20)17-19-11-15-21(16-12-19)37-29-27(35)31(39)23-6-2-4-8-25(23)33(29)41/h1-16,36-37H,17H2. The number of carbonyl (C=O) groups excluding carboxylic acids is 4. The Morgan fingerprint density at radius 3 is 1.10 bits per heavy atom. The number of carbonyl (C=O) groups is 4. The summed E-state index contributed by atoms with van der Waals surface area (Å²) >= 11 is 12.5. The van der Waals surface area contributed by atoms with Gasteiger partial charge in [0, 0.05) is 33.6 Å². The minimum absolute atomic E-state index is 0.0584. The molecule has 0 atom stereocenters. The summed E-state index contributed by atoms with van der Waals surface area (Å²) in [4.78, 5) is 51.1. The lowest BCUT2D eigenvalue weighted by molar-refractivity contribution is 0.0982. The summed E-state index contributed by atoms with van der Waals surface area (Å²) < 4.78 is 0. The van der Waals surface area contributed by atoms with Crippen LogP contribution in [0.2, 0.25) is 0 Å². The first-order valence-electron chi connectivity index (χ1n) is 12.7. The van der Waals surface area contributed by atoms with Gasteiger partial charge in [-0.05, 0) is 41.8 Å². The number of halogens is 2. The molecule has 0 radical (unpaired) electrons. The van der Waals surface area contributed by atoms with Crippen LogP contribution in [0, 0.1) is 0 Å². The van der Waals surface area contributed by atoms with E-state index in [1.165, 1.54) is 0 Å². The molecule has 0 aromatic heterocycles. The largest absolute Gasteiger partial charge is 0.351 e. The van der Waals surface area contributed by atoms with Gasteiger partial charge in [0.05, 0.1) is 0 Å². The Labute approximate surface area is 245 Å². The van der Waals surface area contributed by atoms with Gasteiger partial charge < -0.3 is 10.6 Å². The molecular weight excluding hydrogens is 559 g/mol. The van der Waals surface area contributed by atoms with E-state index in [4.69, 9.17) is 23.2 Å². The van der Waals surface area contributed by atoms with Crippen molar-refractivity contribution in [3.05, 3.63) is 152 Å². The number of ketones is 4. The Morgan fingerprint density at radius 1 is 0.439 bits per heavy atom. The van der Waals surface area contributed by atoms with Gasteiger partial charge in [-0.15, -0.1) is 0 Å². The lowest BCUT2D eigenvalue weighted by Gasteiger charge is -2.19. The molecule has 8 heteroatoms. The van der Waals surface area contributed by atoms with Crippen LogP contribution in [0.25, 0.3) is 0 Å². The highest BCUT2D eigenvalue weighted by Gasteiger charge is 2.32. The molecule has 4 aromatic carbocycles. The average Bonchev–Trinajstić information content (AvgIpc) is 3.01. The molecule has 2 aliphatic carbocycles. The van der Waals surface area contributed by atoms with Gasteiger partial charge in [-0.25, -0.2) is 0 Å². The SMILES string of the molecule is O=C1C(Cl)=C(Nc2ccc(Cc3ccc(NC4=C(Cl)C(=O)c5ccccc5C4=O)cc3)cc2)C(=O)c2ccccc21. The van der Waals surface area contributed by atoms with Crippen molar-refractivity contribution in [1.82, 2.24) is 0 Å². The number of hydrogen-bond acceptors (Lipinski definition) is 6. The summed E-state index contributed by atoms with van der Waals surface area (Å²) in [7, 11) is 0. The van der Waals surface area contributed by atoms with Gasteiger partial charge in [-0.2, -0.15) is 0 Å². The molecule has 4 aromatic rings. The van der Waals surface area contributed by atoms with Gasteiger partial charge in [-0.3, -0.25) is 19.2 Å². The molecule has 0 bridgehead atoms. The zero-order valence-corrected chi connectivity index (χ0v) is 22.8. The van der Waals surface area contributed by atoms with E-state index < -0.39 is 0 Å². The van der Waals surface area contributed by atoms with E-state index in [0.717, 1.165) is 11.1 Å². The highest BCUT2D eigenvalue weighted by Crippen LogP contribution is 2.31. The Kier molecular flexibility index (Phi) is 6.87. The summed E-state index contributed by atoms with van der Waals surface area (Å²) in [6.45, 7) is 0. The van der Waals surface area contributed by atoms with Crippen molar-refractivity contribution in [2.75, 3.05) is 10.6 Å². The molecule has 0 saturated heterocycles. The van der Waals surface area contributed by atoms with Crippen LogP contribution >= 0.6 is 23.2 Å². The van der Waals surface area contributed by atoms with Crippen molar-refractivity contribution < 1.29 is 19.2 Å². The predicted octanol–water partition coefficient (Wildman–Crippen LogP) is 7.16. The van der Waals surface area contributed by atoms with E-state index in [2.05, 4.69) is 10.6 Å². The molecule has 0 unspecified atom stereocenters. The molecule has 0 amide bonds. The summed E-state index contributed by atoms with van der Waals surface area (Å²) in [5.41, 5.74) is 4.64. The van der Waals surface area contributed by atoms with Gasteiger partial charge >= 0.3 is 0 Å². The number of Topliss-reactive ketones (excluding diaryl/α,β-unsaturated/α-hetero) is 4. The Balaban J connectivity index is 1.13. The van der Waals surface area contributed by atoms with Crippen LogP contribution < -0.4 is 10.6 Å². The number of fused-ring (bicyclic) bond motifs is 2. The van der Waals surface area contributed by atoms with Crippen LogP contribution in [0.15, 0.2) is 119 Å². The van der Waals surface area contributed by atoms with E-state index in [1.807, 2.05) is 48.5 Å². The highest BCUT2D eigenvalue weighted by molar-refractivity contribution is 6.51. The minimum atomic E-state index is -0.387. The van der Waals surface area contributed by atoms with Gasteiger partial charge in [-0.1, -0.05) is 96.0 Å². The van der Waals surface area contributed by atoms with Gasteiger partial charge in [0.1, 0.15) is 21.5 Å². The zero-order chi connectivity index (χ0) is 28.7. The molecule has 2 aliphatic rings. The third-order valence-electron chi connectivity index (χ3n) is 6.98. The van der Waals surface area contributed by atoms with E-state index >= 15 is 0 Å². The quantitative estimate of drug-likeness (QED) is 0.252. The number of rotatable bonds is 6. The van der Waals surface area contributed by atoms with Gasteiger partial charge in [0.2, 0.25) is 23.1 Å². The molecule has 0 spiro atoms. The lowest BCUT2D eigenvalue weighted by Crippen LogP contribution is -2.24. The molecule has 41 heavy (non-hydrogen) atoms. The Morgan fingerprint density at radius 2 is 0.756 bits per heavy atom. The minimum Gasteiger partial charge on any atom is -0.351 e. The number of nitrogens with one attached hydrogen (secondary N) is 2. The molecule has 0 fully saturated rings. The number of allylic oxidation sites excluding steroid dienone is 4. The van der Waals surface area contributed by atoms with Crippen molar-refractivity contribution in [2.45, 2.75) is 6.42 Å². The van der Waals surface area contributed by atoms with Gasteiger partial charge in [0.15, 0.2) is 0 Å². The van der Waals surface area contributed by atoms with E-state index in [0.29, 0.717) is 40.0 Å². The monoisotopic (exact) mass is 578 g/mol. The first-order chi connectivity index (χ1) is 19.8. The van der Waals surface area contributed by atoms with E-state index in [1.54, 1.807) is 48.5 Å². The van der Waals surface area contributed by atoms with Crippen LogP contribution in [0.5, 0.6) is 0 Å². The van der Waals surface area contributed by atoms with Crippen molar-refractivity contribution >= 4 is 57.7 Å². The maximum absolute atomic E-state index is 12.9. The highest BCUT2D eigenvalue weighted by atomic mass is 35.5. The third kappa shape index (κ3) is 4.88. The molecule has 6 rings (SSSR count). The Hall–Kier alpha value is -4.78. The fourth-order valence-electron chi connectivity index (χ4n) is 4.85. The zero-order valence-electron chi connectivity index (χ0n) is 21.3. The number of anilines is 2. The molecule has 0 heterocycles. The van der Waals surface area contributed by atoms with Gasteiger partial charge in [0.25, 0.3) is 0 Å². The summed E-state index contributed by atoms with van der Waals surface area (Å²) in [6.07, 6.45) is 0.628. The lowest BCUT2D eigenvalue weighted by atomic mass is 9.92. The maximum atomic E-state index is 12.9. The van der Waals surface area contributed by atoms with Crippen LogP contribution in [0.3, 0.4) is 0 Å². The number of hydrogen-bond donors (Lipinski definition) is 2. The smallest absolute Gasteiger partial charge is 0.211 e. The van der Waals surface area contributed by atoms with Crippen LogP contribution in [-0.4, -0.2) is 23.1 Å². The second kappa shape index (κ2) is 10.7. The first kappa shape index (κ1) is 26.4. The van der Waals surface area contributed by atoms with Crippen molar-refractivity contribution in [3.63, 3.8) is 0 Å². The summed E-state index contributed by atoms with van der Waals surface area (Å²) in [5.74, 6) is -1.43. The fourth-order valence-corrected chi connectivity index (χ4v) is 5.32. The fraction of sp³-hybridized carbons (Fsp3) is 0.0303. The second-order valence-corrected chi connectivity index (χ2v) is 10.4. The molecule has 2 N–H and O–H groups in total. The van der Waals surface area contributed by atoms with Crippen molar-refractivity contribution in [3.8, 4) is 0 Å². The molecule has 0 aliphatic heterocycles. The normalized spacial score (nSPS) is 14.7. The molecule has 6 nitrogen and oxygen atoms in total. The Bertz CT molecular complexity index is 1700. The van der Waals surface area contributed by atoms with Crippen LogP contribution in [0.4, 0.5) is 11.4 Å². The predicted molar refractivity (Wildman–Crippen MR) is 159 cm³/mol. The maximum Gasteiger partial charge on any atom is 0.211 e. The average molecular weight is 579 g/mol. The van der Waals surface area contributed by atoms with E-state index in [-0.39, 0.29) is 44.6 Å².